The van der Waals surface area contributed by atoms with Crippen molar-refractivity contribution in [2.75, 3.05) is 12.8 Å². The molecule has 4 rings (SSSR count). The van der Waals surface area contributed by atoms with Crippen LogP contribution in [0.2, 0.25) is 5.02 Å². The Morgan fingerprint density at radius 2 is 1.94 bits per heavy atom. The molecule has 0 aliphatic heterocycles. The van der Waals surface area contributed by atoms with Crippen LogP contribution in [0.4, 0.5) is 0 Å². The first-order chi connectivity index (χ1) is 15.0. The van der Waals surface area contributed by atoms with Crippen LogP contribution in [-0.2, 0) is 17.9 Å². The molecule has 0 fully saturated rings. The molecule has 9 heteroatoms. The molecule has 0 aliphatic carbocycles. The summed E-state index contributed by atoms with van der Waals surface area (Å²) in [6.45, 7) is 4.46. The molecule has 2 heterocycles. The van der Waals surface area contributed by atoms with Crippen molar-refractivity contribution in [1.82, 2.24) is 24.1 Å². The lowest BCUT2D eigenvalue weighted by atomic mass is 10.2. The first-order valence-electron chi connectivity index (χ1n) is 9.59. The van der Waals surface area contributed by atoms with Crippen LogP contribution in [-0.4, -0.2) is 42.8 Å². The van der Waals surface area contributed by atoms with Gasteiger partial charge >= 0.3 is 0 Å². The summed E-state index contributed by atoms with van der Waals surface area (Å²) in [5.41, 5.74) is 1.44. The molecule has 4 aromatic rings. The van der Waals surface area contributed by atoms with Crippen molar-refractivity contribution in [3.05, 3.63) is 82.1 Å². The van der Waals surface area contributed by atoms with Crippen LogP contribution >= 0.6 is 23.4 Å². The van der Waals surface area contributed by atoms with Gasteiger partial charge in [0.25, 0.3) is 5.56 Å². The Bertz CT molecular complexity index is 1350. The van der Waals surface area contributed by atoms with E-state index in [1.165, 1.54) is 16.3 Å². The predicted octanol–water partition coefficient (Wildman–Crippen LogP) is 3.63. The lowest BCUT2D eigenvalue weighted by molar-refractivity contribution is -0.127. The van der Waals surface area contributed by atoms with Gasteiger partial charge in [-0.3, -0.25) is 18.6 Å². The summed E-state index contributed by atoms with van der Waals surface area (Å²) < 4.78 is 3.34. The molecular formula is C22H20ClN5O2S. The number of hydrogen-bond acceptors (Lipinski definition) is 5. The third kappa shape index (κ3) is 4.08. The number of amides is 1. The molecule has 2 aromatic heterocycles. The number of halogens is 1. The number of carbonyl (C=O) groups is 1. The summed E-state index contributed by atoms with van der Waals surface area (Å²) in [6, 6.07) is 14.7. The maximum absolute atomic E-state index is 12.9. The third-order valence-corrected chi connectivity index (χ3v) is 6.19. The molecule has 158 valence electrons. The predicted molar refractivity (Wildman–Crippen MR) is 124 cm³/mol. The molecule has 0 N–H and O–H groups in total. The number of aromatic nitrogens is 4. The monoisotopic (exact) mass is 453 g/mol. The largest absolute Gasteiger partial charge is 0.341 e. The van der Waals surface area contributed by atoms with E-state index in [-0.39, 0.29) is 17.2 Å². The summed E-state index contributed by atoms with van der Waals surface area (Å²) in [5, 5.41) is 10.2. The second-order valence-corrected chi connectivity index (χ2v) is 8.32. The van der Waals surface area contributed by atoms with E-state index in [4.69, 9.17) is 11.6 Å². The molecule has 0 bridgehead atoms. The zero-order chi connectivity index (χ0) is 22.0. The minimum absolute atomic E-state index is 0.0645. The van der Waals surface area contributed by atoms with Crippen molar-refractivity contribution in [2.24, 2.45) is 0 Å². The number of nitrogens with zero attached hydrogens (tertiary/aromatic N) is 5. The van der Waals surface area contributed by atoms with E-state index >= 15 is 0 Å². The molecule has 2 aromatic carbocycles. The van der Waals surface area contributed by atoms with E-state index in [1.54, 1.807) is 30.2 Å². The van der Waals surface area contributed by atoms with Crippen molar-refractivity contribution in [2.45, 2.75) is 18.2 Å². The molecule has 7 nitrogen and oxygen atoms in total. The fourth-order valence-electron chi connectivity index (χ4n) is 3.33. The number of hydrogen-bond donors (Lipinski definition) is 0. The fraction of sp³-hybridized carbons (Fsp3) is 0.182. The molecule has 0 atom stereocenters. The van der Waals surface area contributed by atoms with Crippen LogP contribution in [0.1, 0.15) is 5.56 Å². The number of rotatable bonds is 7. The van der Waals surface area contributed by atoms with Crippen LogP contribution in [0.25, 0.3) is 16.7 Å². The smallest absolute Gasteiger partial charge is 0.263 e. The van der Waals surface area contributed by atoms with Crippen LogP contribution in [0.5, 0.6) is 0 Å². The van der Waals surface area contributed by atoms with Crippen LogP contribution in [0, 0.1) is 0 Å². The second-order valence-electron chi connectivity index (χ2n) is 6.97. The zero-order valence-electron chi connectivity index (χ0n) is 16.9. The molecule has 1 amide bonds. The van der Waals surface area contributed by atoms with E-state index in [9.17, 15) is 9.59 Å². The highest BCUT2D eigenvalue weighted by Gasteiger charge is 2.18. The quantitative estimate of drug-likeness (QED) is 0.315. The standard InChI is InChI=1S/C22H20ClN5O2S/c1-3-12-27-20(30)16-9-5-7-11-18(16)28-21(27)24-25-22(28)31-14-19(29)26(2)13-15-8-4-6-10-17(15)23/h3-11H,1,12-14H2,2H3. The first kappa shape index (κ1) is 21.1. The van der Waals surface area contributed by atoms with Gasteiger partial charge in [-0.2, -0.15) is 0 Å². The van der Waals surface area contributed by atoms with Gasteiger partial charge in [0, 0.05) is 25.2 Å². The minimum Gasteiger partial charge on any atom is -0.341 e. The molecular weight excluding hydrogens is 434 g/mol. The average molecular weight is 454 g/mol. The Morgan fingerprint density at radius 3 is 2.71 bits per heavy atom. The Morgan fingerprint density at radius 1 is 1.19 bits per heavy atom. The Hall–Kier alpha value is -3.10. The Balaban J connectivity index is 1.62. The number of allylic oxidation sites excluding steroid dienone is 1. The van der Waals surface area contributed by atoms with E-state index < -0.39 is 0 Å². The first-order valence-corrected chi connectivity index (χ1v) is 11.0. The van der Waals surface area contributed by atoms with Crippen molar-refractivity contribution < 1.29 is 4.79 Å². The number of fused-ring (bicyclic) bond motifs is 3. The van der Waals surface area contributed by atoms with Gasteiger partial charge in [0.05, 0.1) is 16.7 Å². The number of benzene rings is 2. The van der Waals surface area contributed by atoms with Gasteiger partial charge < -0.3 is 4.90 Å². The van der Waals surface area contributed by atoms with Crippen molar-refractivity contribution in [3.63, 3.8) is 0 Å². The molecule has 0 spiro atoms. The van der Waals surface area contributed by atoms with Crippen molar-refractivity contribution >= 4 is 46.0 Å². The maximum atomic E-state index is 12.9. The third-order valence-electron chi connectivity index (χ3n) is 4.91. The topological polar surface area (TPSA) is 72.5 Å². The average Bonchev–Trinajstić information content (AvgIpc) is 3.20. The van der Waals surface area contributed by atoms with Gasteiger partial charge in [-0.15, -0.1) is 16.8 Å². The van der Waals surface area contributed by atoms with Crippen molar-refractivity contribution in [1.29, 1.82) is 0 Å². The van der Waals surface area contributed by atoms with Gasteiger partial charge in [0.2, 0.25) is 11.7 Å². The molecule has 0 aliphatic rings. The highest BCUT2D eigenvalue weighted by Crippen LogP contribution is 2.22. The lowest BCUT2D eigenvalue weighted by Gasteiger charge is -2.17. The molecule has 0 saturated heterocycles. The van der Waals surface area contributed by atoms with Crippen LogP contribution in [0.3, 0.4) is 0 Å². The number of thioether (sulfide) groups is 1. The fourth-order valence-corrected chi connectivity index (χ4v) is 4.40. The molecule has 31 heavy (non-hydrogen) atoms. The van der Waals surface area contributed by atoms with E-state index in [0.717, 1.165) is 5.56 Å². The summed E-state index contributed by atoms with van der Waals surface area (Å²) in [4.78, 5) is 27.2. The van der Waals surface area contributed by atoms with Crippen LogP contribution < -0.4 is 5.56 Å². The summed E-state index contributed by atoms with van der Waals surface area (Å²) in [6.07, 6.45) is 1.64. The minimum atomic E-state index is -0.150. The van der Waals surface area contributed by atoms with Gasteiger partial charge in [-0.25, -0.2) is 0 Å². The Kier molecular flexibility index (Phi) is 6.11. The van der Waals surface area contributed by atoms with E-state index in [2.05, 4.69) is 16.8 Å². The summed E-state index contributed by atoms with van der Waals surface area (Å²) in [7, 11) is 1.74. The number of para-hydroxylation sites is 1. The maximum Gasteiger partial charge on any atom is 0.263 e. The Labute approximate surface area is 187 Å². The lowest BCUT2D eigenvalue weighted by Crippen LogP contribution is -2.28. The zero-order valence-corrected chi connectivity index (χ0v) is 18.4. The highest BCUT2D eigenvalue weighted by molar-refractivity contribution is 7.99. The highest BCUT2D eigenvalue weighted by atomic mass is 35.5. The number of carbonyl (C=O) groups excluding carboxylic acids is 1. The second kappa shape index (κ2) is 8.95. The van der Waals surface area contributed by atoms with Gasteiger partial charge in [0.15, 0.2) is 5.16 Å². The van der Waals surface area contributed by atoms with Crippen LogP contribution in [0.15, 0.2) is 71.1 Å². The van der Waals surface area contributed by atoms with Gasteiger partial charge in [-0.1, -0.05) is 59.8 Å². The summed E-state index contributed by atoms with van der Waals surface area (Å²) >= 11 is 7.48. The summed E-state index contributed by atoms with van der Waals surface area (Å²) in [5.74, 6) is 0.532. The molecule has 0 saturated carbocycles. The molecule has 0 radical (unpaired) electrons. The SMILES string of the molecule is C=CCn1c(=O)c2ccccc2n2c(SCC(=O)N(C)Cc3ccccc3Cl)nnc12. The van der Waals surface area contributed by atoms with E-state index in [0.29, 0.717) is 39.9 Å². The van der Waals surface area contributed by atoms with Gasteiger partial charge in [-0.05, 0) is 23.8 Å². The van der Waals surface area contributed by atoms with Gasteiger partial charge in [0.1, 0.15) is 0 Å². The molecule has 0 unspecified atom stereocenters. The normalized spacial score (nSPS) is 11.2. The van der Waals surface area contributed by atoms with Crippen molar-refractivity contribution in [3.8, 4) is 0 Å². The van der Waals surface area contributed by atoms with E-state index in [1.807, 2.05) is 40.8 Å².